The van der Waals surface area contributed by atoms with Crippen LogP contribution in [0, 0.1) is 12.7 Å². The molecule has 1 aliphatic rings. The van der Waals surface area contributed by atoms with E-state index in [9.17, 15) is 35.6 Å². The van der Waals surface area contributed by atoms with Gasteiger partial charge >= 0.3 is 12.3 Å². The number of benzene rings is 2. The fourth-order valence-electron chi connectivity index (χ4n) is 4.64. The molecule has 3 aromatic rings. The highest BCUT2D eigenvalue weighted by Gasteiger charge is 2.36. The topological polar surface area (TPSA) is 134 Å². The number of aromatic nitrogens is 2. The molecule has 0 saturated carbocycles. The maximum Gasteiger partial charge on any atom is 0.451 e. The number of hydrogen-bond donors (Lipinski definition) is 2. The van der Waals surface area contributed by atoms with Gasteiger partial charge in [0.15, 0.2) is 0 Å². The molecular weight excluding hydrogens is 596 g/mol. The molecule has 1 aliphatic heterocycles. The summed E-state index contributed by atoms with van der Waals surface area (Å²) < 4.78 is 86.2. The minimum absolute atomic E-state index is 0.0367. The molecule has 2 N–H and O–H groups in total. The molecule has 16 heteroatoms. The van der Waals surface area contributed by atoms with Crippen LogP contribution in [0.4, 0.5) is 33.9 Å². The average molecular weight is 627 g/mol. The second-order valence-electron chi connectivity index (χ2n) is 10.0. The Labute approximate surface area is 245 Å². The maximum absolute atomic E-state index is 14.9. The van der Waals surface area contributed by atoms with Gasteiger partial charge in [-0.25, -0.2) is 27.6 Å². The van der Waals surface area contributed by atoms with Gasteiger partial charge in [-0.2, -0.15) is 13.2 Å². The van der Waals surface area contributed by atoms with Gasteiger partial charge in [-0.3, -0.25) is 9.52 Å². The number of carbonyl (C=O) groups excluding carboxylic acids is 2. The van der Waals surface area contributed by atoms with Crippen LogP contribution in [0.15, 0.2) is 30.3 Å². The molecule has 0 aliphatic carbocycles. The van der Waals surface area contributed by atoms with E-state index in [1.54, 1.807) is 18.7 Å². The third-order valence-corrected chi connectivity index (χ3v) is 7.34. The van der Waals surface area contributed by atoms with E-state index in [-0.39, 0.29) is 66.3 Å². The molecule has 1 fully saturated rings. The average Bonchev–Trinajstić information content (AvgIpc) is 2.92. The molecule has 1 aromatic heterocycles. The van der Waals surface area contributed by atoms with Crippen LogP contribution < -0.4 is 14.9 Å². The van der Waals surface area contributed by atoms with Gasteiger partial charge in [0, 0.05) is 42.7 Å². The van der Waals surface area contributed by atoms with Crippen molar-refractivity contribution in [3.63, 3.8) is 0 Å². The van der Waals surface area contributed by atoms with E-state index in [0.717, 1.165) is 12.3 Å². The highest BCUT2D eigenvalue weighted by Crippen LogP contribution is 2.33. The Morgan fingerprint density at radius 2 is 1.77 bits per heavy atom. The van der Waals surface area contributed by atoms with E-state index in [1.807, 2.05) is 0 Å². The van der Waals surface area contributed by atoms with Crippen molar-refractivity contribution in [2.75, 3.05) is 48.7 Å². The number of carbonyl (C=O) groups is 2. The Hall–Kier alpha value is -4.21. The molecule has 1 atom stereocenters. The van der Waals surface area contributed by atoms with E-state index in [1.165, 1.54) is 36.1 Å². The van der Waals surface area contributed by atoms with Crippen LogP contribution in [0.5, 0.6) is 0 Å². The second-order valence-corrected chi connectivity index (χ2v) is 11.8. The van der Waals surface area contributed by atoms with Crippen LogP contribution in [0.3, 0.4) is 0 Å². The number of piperazine rings is 1. The van der Waals surface area contributed by atoms with E-state index < -0.39 is 45.9 Å². The highest BCUT2D eigenvalue weighted by atomic mass is 32.2. The molecular formula is C27H30F4N6O5S. The molecule has 0 bridgehead atoms. The Morgan fingerprint density at radius 1 is 1.09 bits per heavy atom. The summed E-state index contributed by atoms with van der Waals surface area (Å²) in [4.78, 5) is 35.8. The lowest BCUT2D eigenvalue weighted by molar-refractivity contribution is -0.144. The first-order valence-electron chi connectivity index (χ1n) is 13.2. The molecule has 232 valence electrons. The summed E-state index contributed by atoms with van der Waals surface area (Å²) in [6.45, 7) is 5.68. The van der Waals surface area contributed by atoms with Gasteiger partial charge in [0.2, 0.25) is 15.8 Å². The van der Waals surface area contributed by atoms with Gasteiger partial charge < -0.3 is 19.9 Å². The number of nitrogens with one attached hydrogen (secondary N) is 2. The molecule has 0 spiro atoms. The number of nitrogens with zero attached hydrogens (tertiary/aromatic N) is 4. The molecule has 11 nitrogen and oxygen atoms in total. The lowest BCUT2D eigenvalue weighted by Crippen LogP contribution is -2.49. The summed E-state index contributed by atoms with van der Waals surface area (Å²) in [7, 11) is -3.64. The summed E-state index contributed by atoms with van der Waals surface area (Å²) in [5.41, 5.74) is 0.626. The normalized spacial score (nSPS) is 14.9. The van der Waals surface area contributed by atoms with Crippen LogP contribution in [0.2, 0.25) is 0 Å². The SMILES string of the molecule is CCOC(=O)N1CCN(c2nc(C(F)(F)F)nc3ccc(C(=O)N[C@H](C)c4cc(C)c(NS(C)(=O)=O)cc4F)cc23)CC1. The van der Waals surface area contributed by atoms with Crippen molar-refractivity contribution in [1.82, 2.24) is 20.2 Å². The molecule has 2 aromatic carbocycles. The summed E-state index contributed by atoms with van der Waals surface area (Å²) in [5.74, 6) is -2.77. The van der Waals surface area contributed by atoms with Gasteiger partial charge in [-0.05, 0) is 56.7 Å². The van der Waals surface area contributed by atoms with E-state index in [2.05, 4.69) is 20.0 Å². The predicted molar refractivity (Wildman–Crippen MR) is 151 cm³/mol. The quantitative estimate of drug-likeness (QED) is 0.372. The Balaban J connectivity index is 1.62. The number of sulfonamides is 1. The number of anilines is 2. The zero-order valence-corrected chi connectivity index (χ0v) is 24.6. The number of aryl methyl sites for hydroxylation is 1. The second kappa shape index (κ2) is 12.2. The number of alkyl halides is 3. The van der Waals surface area contributed by atoms with Crippen LogP contribution in [-0.4, -0.2) is 74.3 Å². The van der Waals surface area contributed by atoms with E-state index >= 15 is 0 Å². The van der Waals surface area contributed by atoms with Crippen molar-refractivity contribution in [3.05, 3.63) is 58.7 Å². The molecule has 1 saturated heterocycles. The number of amides is 2. The van der Waals surface area contributed by atoms with Crippen LogP contribution in [0.1, 0.15) is 47.2 Å². The fourth-order valence-corrected chi connectivity index (χ4v) is 5.26. The minimum atomic E-state index is -4.82. The maximum atomic E-state index is 14.9. The first kappa shape index (κ1) is 31.7. The standard InChI is InChI=1S/C27H30F4N6O5S/c1-5-42-26(39)37-10-8-36(9-11-37)23-19-13-17(6-7-21(19)33-25(34-23)27(29,30)31)24(38)32-16(3)18-12-15(2)22(14-20(18)28)35-43(4,40)41/h6-7,12-14,16,35H,5,8-11H2,1-4H3,(H,32,38)/t16-/m1/s1. The summed E-state index contributed by atoms with van der Waals surface area (Å²) in [5, 5.41) is 2.86. The highest BCUT2D eigenvalue weighted by molar-refractivity contribution is 7.92. The first-order valence-corrected chi connectivity index (χ1v) is 15.1. The Bertz CT molecular complexity index is 1660. The van der Waals surface area contributed by atoms with Crippen molar-refractivity contribution in [2.45, 2.75) is 33.0 Å². The lowest BCUT2D eigenvalue weighted by Gasteiger charge is -2.35. The predicted octanol–water partition coefficient (Wildman–Crippen LogP) is 4.24. The van der Waals surface area contributed by atoms with Crippen molar-refractivity contribution in [1.29, 1.82) is 0 Å². The number of ether oxygens (including phenoxy) is 1. The summed E-state index contributed by atoms with van der Waals surface area (Å²) in [6, 6.07) is 5.53. The fraction of sp³-hybridized carbons (Fsp3) is 0.407. The van der Waals surface area contributed by atoms with Gasteiger partial charge in [0.05, 0.1) is 30.1 Å². The van der Waals surface area contributed by atoms with Crippen molar-refractivity contribution in [2.24, 2.45) is 0 Å². The molecule has 0 unspecified atom stereocenters. The van der Waals surface area contributed by atoms with Gasteiger partial charge in [0.25, 0.3) is 5.91 Å². The van der Waals surface area contributed by atoms with Crippen LogP contribution >= 0.6 is 0 Å². The van der Waals surface area contributed by atoms with Gasteiger partial charge in [0.1, 0.15) is 11.6 Å². The summed E-state index contributed by atoms with van der Waals surface area (Å²) in [6.07, 6.45) is -4.41. The van der Waals surface area contributed by atoms with Gasteiger partial charge in [-0.1, -0.05) is 0 Å². The largest absolute Gasteiger partial charge is 0.451 e. The molecule has 0 radical (unpaired) electrons. The monoisotopic (exact) mass is 626 g/mol. The minimum Gasteiger partial charge on any atom is -0.450 e. The summed E-state index contributed by atoms with van der Waals surface area (Å²) >= 11 is 0. The van der Waals surface area contributed by atoms with Crippen molar-refractivity contribution < 1.29 is 40.3 Å². The molecule has 43 heavy (non-hydrogen) atoms. The molecule has 2 amide bonds. The zero-order valence-electron chi connectivity index (χ0n) is 23.7. The molecule has 2 heterocycles. The van der Waals surface area contributed by atoms with Gasteiger partial charge in [-0.15, -0.1) is 0 Å². The number of halogens is 4. The van der Waals surface area contributed by atoms with E-state index in [0.29, 0.717) is 5.56 Å². The van der Waals surface area contributed by atoms with Crippen molar-refractivity contribution >= 4 is 44.4 Å². The van der Waals surface area contributed by atoms with Crippen LogP contribution in [0.25, 0.3) is 10.9 Å². The Kier molecular flexibility index (Phi) is 8.99. The smallest absolute Gasteiger partial charge is 0.450 e. The van der Waals surface area contributed by atoms with Crippen LogP contribution in [-0.2, 0) is 20.9 Å². The van der Waals surface area contributed by atoms with Crippen molar-refractivity contribution in [3.8, 4) is 0 Å². The van der Waals surface area contributed by atoms with E-state index in [4.69, 9.17) is 4.74 Å². The number of rotatable bonds is 7. The third kappa shape index (κ3) is 7.42. The molecule has 4 rings (SSSR count). The lowest BCUT2D eigenvalue weighted by atomic mass is 10.0. The number of fused-ring (bicyclic) bond motifs is 1. The third-order valence-electron chi connectivity index (χ3n) is 6.75. The zero-order chi connectivity index (χ0) is 31.7. The Morgan fingerprint density at radius 3 is 2.37 bits per heavy atom. The number of hydrogen-bond acceptors (Lipinski definition) is 8. The first-order chi connectivity index (χ1) is 20.1.